The normalized spacial score (nSPS) is 12.9. The third kappa shape index (κ3) is 4.46. The van der Waals surface area contributed by atoms with Crippen molar-refractivity contribution < 1.29 is 13.2 Å². The highest BCUT2D eigenvalue weighted by atomic mass is 32.2. The summed E-state index contributed by atoms with van der Waals surface area (Å²) in [7, 11) is -2.12. The first-order valence-electron chi connectivity index (χ1n) is 7.98. The Morgan fingerprint density at radius 3 is 2.04 bits per heavy atom. The molecule has 0 aliphatic rings. The number of sulfonamides is 1. The Bertz CT molecular complexity index is 854. The standard InChI is InChI=1S/C19H24N2O3S/c1-13-11-14(2)17(15(3)12-13)20-19(22)18(21(4)25(5,23)24)16-9-7-6-8-10-16/h6-12,18H,1-5H3,(H,20,22)/t18-/m0/s1. The molecular weight excluding hydrogens is 336 g/mol. The fourth-order valence-electron chi connectivity index (χ4n) is 2.92. The van der Waals surface area contributed by atoms with Crippen LogP contribution in [0.4, 0.5) is 5.69 Å². The maximum absolute atomic E-state index is 13.0. The van der Waals surface area contributed by atoms with E-state index in [1.807, 2.05) is 39.0 Å². The molecule has 6 heteroatoms. The Hall–Kier alpha value is -2.18. The molecule has 25 heavy (non-hydrogen) atoms. The molecule has 0 heterocycles. The molecule has 1 N–H and O–H groups in total. The summed E-state index contributed by atoms with van der Waals surface area (Å²) in [5.74, 6) is -0.380. The van der Waals surface area contributed by atoms with Crippen LogP contribution in [0.15, 0.2) is 42.5 Å². The van der Waals surface area contributed by atoms with E-state index in [0.29, 0.717) is 5.56 Å². The number of benzene rings is 2. The summed E-state index contributed by atoms with van der Waals surface area (Å²) in [6, 6.07) is 11.9. The summed E-state index contributed by atoms with van der Waals surface area (Å²) in [6.45, 7) is 5.84. The van der Waals surface area contributed by atoms with E-state index in [1.165, 1.54) is 7.05 Å². The molecule has 2 rings (SSSR count). The Balaban J connectivity index is 2.44. The summed E-state index contributed by atoms with van der Waals surface area (Å²) >= 11 is 0. The number of amides is 1. The Morgan fingerprint density at radius 1 is 1.04 bits per heavy atom. The Kier molecular flexibility index (Phi) is 5.65. The van der Waals surface area contributed by atoms with E-state index in [2.05, 4.69) is 5.32 Å². The lowest BCUT2D eigenvalue weighted by molar-refractivity contribution is -0.119. The molecule has 0 bridgehead atoms. The van der Waals surface area contributed by atoms with Gasteiger partial charge in [0.25, 0.3) is 0 Å². The highest BCUT2D eigenvalue weighted by Crippen LogP contribution is 2.27. The van der Waals surface area contributed by atoms with Gasteiger partial charge >= 0.3 is 0 Å². The highest BCUT2D eigenvalue weighted by molar-refractivity contribution is 7.88. The number of rotatable bonds is 5. The first kappa shape index (κ1) is 19.1. The second-order valence-electron chi connectivity index (χ2n) is 6.36. The van der Waals surface area contributed by atoms with Gasteiger partial charge in [-0.15, -0.1) is 0 Å². The fourth-order valence-corrected chi connectivity index (χ4v) is 3.52. The number of anilines is 1. The summed E-state index contributed by atoms with van der Waals surface area (Å²) < 4.78 is 25.1. The molecule has 0 unspecified atom stereocenters. The van der Waals surface area contributed by atoms with Gasteiger partial charge < -0.3 is 5.32 Å². The summed E-state index contributed by atoms with van der Waals surface area (Å²) in [6.07, 6.45) is 1.10. The Labute approximate surface area is 149 Å². The molecule has 5 nitrogen and oxygen atoms in total. The lowest BCUT2D eigenvalue weighted by Crippen LogP contribution is -2.38. The molecule has 1 atom stereocenters. The maximum Gasteiger partial charge on any atom is 0.247 e. The molecule has 2 aromatic carbocycles. The van der Waals surface area contributed by atoms with Gasteiger partial charge in [-0.1, -0.05) is 48.0 Å². The van der Waals surface area contributed by atoms with Gasteiger partial charge in [0.05, 0.1) is 6.26 Å². The van der Waals surface area contributed by atoms with Crippen LogP contribution >= 0.6 is 0 Å². The van der Waals surface area contributed by atoms with Gasteiger partial charge in [-0.2, -0.15) is 4.31 Å². The van der Waals surface area contributed by atoms with Crippen LogP contribution in [0.5, 0.6) is 0 Å². The van der Waals surface area contributed by atoms with Gasteiger partial charge in [0, 0.05) is 12.7 Å². The second-order valence-corrected chi connectivity index (χ2v) is 8.40. The van der Waals surface area contributed by atoms with Crippen molar-refractivity contribution in [3.63, 3.8) is 0 Å². The lowest BCUT2D eigenvalue weighted by Gasteiger charge is -2.26. The zero-order chi connectivity index (χ0) is 18.8. The van der Waals surface area contributed by atoms with Crippen molar-refractivity contribution >= 4 is 21.6 Å². The van der Waals surface area contributed by atoms with Gasteiger partial charge in [-0.05, 0) is 37.5 Å². The van der Waals surface area contributed by atoms with Gasteiger partial charge in [0.2, 0.25) is 15.9 Å². The number of aryl methyl sites for hydroxylation is 3. The zero-order valence-electron chi connectivity index (χ0n) is 15.2. The van der Waals surface area contributed by atoms with Crippen LogP contribution in [-0.4, -0.2) is 31.9 Å². The average molecular weight is 360 g/mol. The van der Waals surface area contributed by atoms with Crippen molar-refractivity contribution in [2.45, 2.75) is 26.8 Å². The molecule has 0 fully saturated rings. The van der Waals surface area contributed by atoms with Crippen LogP contribution in [0.1, 0.15) is 28.3 Å². The van der Waals surface area contributed by atoms with Crippen molar-refractivity contribution in [2.75, 3.05) is 18.6 Å². The quantitative estimate of drug-likeness (QED) is 0.890. The highest BCUT2D eigenvalue weighted by Gasteiger charge is 2.31. The number of hydrogen-bond donors (Lipinski definition) is 1. The minimum Gasteiger partial charge on any atom is -0.324 e. The third-order valence-corrected chi connectivity index (χ3v) is 5.43. The second kappa shape index (κ2) is 7.37. The minimum absolute atomic E-state index is 0.380. The maximum atomic E-state index is 13.0. The number of hydrogen-bond acceptors (Lipinski definition) is 3. The largest absolute Gasteiger partial charge is 0.324 e. The van der Waals surface area contributed by atoms with Crippen LogP contribution in [-0.2, 0) is 14.8 Å². The van der Waals surface area contributed by atoms with Gasteiger partial charge in [0.15, 0.2) is 0 Å². The minimum atomic E-state index is -3.54. The van der Waals surface area contributed by atoms with Crippen LogP contribution in [0, 0.1) is 20.8 Å². The van der Waals surface area contributed by atoms with Crippen LogP contribution in [0.25, 0.3) is 0 Å². The summed E-state index contributed by atoms with van der Waals surface area (Å²) in [5.41, 5.74) is 4.34. The predicted octanol–water partition coefficient (Wildman–Crippen LogP) is 3.18. The molecule has 0 spiro atoms. The topological polar surface area (TPSA) is 66.5 Å². The molecule has 0 radical (unpaired) electrons. The van der Waals surface area contributed by atoms with Crippen molar-refractivity contribution in [2.24, 2.45) is 0 Å². The first-order valence-corrected chi connectivity index (χ1v) is 9.82. The van der Waals surface area contributed by atoms with E-state index in [0.717, 1.165) is 32.9 Å². The molecule has 0 saturated carbocycles. The van der Waals surface area contributed by atoms with Crippen molar-refractivity contribution in [1.82, 2.24) is 4.31 Å². The molecule has 134 valence electrons. The van der Waals surface area contributed by atoms with Crippen molar-refractivity contribution in [3.05, 3.63) is 64.7 Å². The first-order chi connectivity index (χ1) is 11.6. The number of carbonyl (C=O) groups excluding carboxylic acids is 1. The molecule has 0 aromatic heterocycles. The van der Waals surface area contributed by atoms with Gasteiger partial charge in [-0.25, -0.2) is 8.42 Å². The number of nitrogens with one attached hydrogen (secondary N) is 1. The average Bonchev–Trinajstić information content (AvgIpc) is 2.51. The molecule has 0 aliphatic heterocycles. The third-order valence-electron chi connectivity index (χ3n) is 4.18. The SMILES string of the molecule is Cc1cc(C)c(NC(=O)[C@H](c2ccccc2)N(C)S(C)(=O)=O)c(C)c1. The fraction of sp³-hybridized carbons (Fsp3) is 0.316. The van der Waals surface area contributed by atoms with E-state index in [-0.39, 0.29) is 5.91 Å². The molecule has 0 aliphatic carbocycles. The van der Waals surface area contributed by atoms with Crippen LogP contribution in [0.2, 0.25) is 0 Å². The molecule has 0 saturated heterocycles. The number of nitrogens with zero attached hydrogens (tertiary/aromatic N) is 1. The zero-order valence-corrected chi connectivity index (χ0v) is 16.0. The van der Waals surface area contributed by atoms with E-state index in [1.54, 1.807) is 24.3 Å². The van der Waals surface area contributed by atoms with Crippen LogP contribution in [0.3, 0.4) is 0 Å². The number of likely N-dealkylation sites (N-methyl/N-ethyl adjacent to an activating group) is 1. The summed E-state index contributed by atoms with van der Waals surface area (Å²) in [4.78, 5) is 13.0. The van der Waals surface area contributed by atoms with E-state index in [9.17, 15) is 13.2 Å². The van der Waals surface area contributed by atoms with E-state index in [4.69, 9.17) is 0 Å². The molecule has 2 aromatic rings. The van der Waals surface area contributed by atoms with Gasteiger partial charge in [-0.3, -0.25) is 4.79 Å². The Morgan fingerprint density at radius 2 is 1.56 bits per heavy atom. The lowest BCUT2D eigenvalue weighted by atomic mass is 10.0. The molecule has 1 amide bonds. The van der Waals surface area contributed by atoms with Crippen molar-refractivity contribution in [3.8, 4) is 0 Å². The predicted molar refractivity (Wildman–Crippen MR) is 101 cm³/mol. The van der Waals surface area contributed by atoms with Gasteiger partial charge in [0.1, 0.15) is 6.04 Å². The van der Waals surface area contributed by atoms with E-state index < -0.39 is 16.1 Å². The summed E-state index contributed by atoms with van der Waals surface area (Å²) in [5, 5.41) is 2.91. The molecular formula is C19H24N2O3S. The van der Waals surface area contributed by atoms with Crippen LogP contribution < -0.4 is 5.32 Å². The smallest absolute Gasteiger partial charge is 0.247 e. The van der Waals surface area contributed by atoms with Crippen molar-refractivity contribution in [1.29, 1.82) is 0 Å². The monoisotopic (exact) mass is 360 g/mol. The van der Waals surface area contributed by atoms with E-state index >= 15 is 0 Å². The number of carbonyl (C=O) groups is 1.